The van der Waals surface area contributed by atoms with E-state index in [1.165, 1.54) is 0 Å². The van der Waals surface area contributed by atoms with Crippen LogP contribution in [0.25, 0.3) is 0 Å². The standard InChI is InChI=1S/C2H4O.CH4N2O/c1-2-3;2-1(3)4/h2-3H,1H2;(H4,2,3,4). The first-order chi connectivity index (χ1) is 3.15. The topological polar surface area (TPSA) is 89.3 Å². The lowest BCUT2D eigenvalue weighted by molar-refractivity contribution is 0.256. The zero-order chi connectivity index (χ0) is 6.28. The monoisotopic (exact) mass is 104 g/mol. The summed E-state index contributed by atoms with van der Waals surface area (Å²) in [6.07, 6.45) is 0.750. The number of amides is 2. The van der Waals surface area contributed by atoms with Crippen LogP contribution in [0.4, 0.5) is 4.79 Å². The minimum Gasteiger partial charge on any atom is -0.516 e. The van der Waals surface area contributed by atoms with E-state index >= 15 is 0 Å². The highest BCUT2D eigenvalue weighted by Gasteiger charge is 1.60. The van der Waals surface area contributed by atoms with Gasteiger partial charge in [0.05, 0.1) is 6.26 Å². The number of hydrogen-bond donors (Lipinski definition) is 3. The molecule has 0 aromatic heterocycles. The second kappa shape index (κ2) is 8.84. The van der Waals surface area contributed by atoms with Crippen molar-refractivity contribution in [1.82, 2.24) is 0 Å². The SMILES string of the molecule is C=CO.NC(N)=O. The first-order valence-electron chi connectivity index (χ1n) is 1.45. The van der Waals surface area contributed by atoms with Gasteiger partial charge in [-0.05, 0) is 0 Å². The van der Waals surface area contributed by atoms with Gasteiger partial charge in [0.2, 0.25) is 0 Å². The number of hydrogen-bond acceptors (Lipinski definition) is 2. The summed E-state index contributed by atoms with van der Waals surface area (Å²) in [6, 6.07) is -0.833. The summed E-state index contributed by atoms with van der Waals surface area (Å²) in [7, 11) is 0. The van der Waals surface area contributed by atoms with E-state index in [0.717, 1.165) is 6.26 Å². The van der Waals surface area contributed by atoms with Crippen LogP contribution in [0.1, 0.15) is 0 Å². The molecule has 4 nitrogen and oxygen atoms in total. The Labute approximate surface area is 41.4 Å². The molecule has 0 radical (unpaired) electrons. The summed E-state index contributed by atoms with van der Waals surface area (Å²) in [5.74, 6) is 0. The van der Waals surface area contributed by atoms with Crippen molar-refractivity contribution in [2.75, 3.05) is 0 Å². The maximum absolute atomic E-state index is 9.00. The van der Waals surface area contributed by atoms with Crippen molar-refractivity contribution in [3.8, 4) is 0 Å². The van der Waals surface area contributed by atoms with Crippen LogP contribution < -0.4 is 11.5 Å². The summed E-state index contributed by atoms with van der Waals surface area (Å²) >= 11 is 0. The predicted molar refractivity (Wildman–Crippen MR) is 26.6 cm³/mol. The number of aliphatic hydroxyl groups excluding tert-OH is 1. The van der Waals surface area contributed by atoms with Crippen LogP contribution in [0.5, 0.6) is 0 Å². The maximum Gasteiger partial charge on any atom is 0.309 e. The Morgan fingerprint density at radius 2 is 1.71 bits per heavy atom. The number of carbonyl (C=O) groups is 1. The Kier molecular flexibility index (Phi) is 11.7. The molecule has 7 heavy (non-hydrogen) atoms. The minimum absolute atomic E-state index is 0.750. The van der Waals surface area contributed by atoms with Crippen LogP contribution in [0.3, 0.4) is 0 Å². The van der Waals surface area contributed by atoms with Crippen molar-refractivity contribution in [1.29, 1.82) is 0 Å². The lowest BCUT2D eigenvalue weighted by Gasteiger charge is -1.62. The highest BCUT2D eigenvalue weighted by Crippen LogP contribution is 1.26. The van der Waals surface area contributed by atoms with Gasteiger partial charge >= 0.3 is 6.03 Å². The lowest BCUT2D eigenvalue weighted by Crippen LogP contribution is -2.18. The van der Waals surface area contributed by atoms with Gasteiger partial charge in [-0.3, -0.25) is 0 Å². The summed E-state index contributed by atoms with van der Waals surface area (Å²) in [5, 5.41) is 7.33. The molecular weight excluding hydrogens is 96.0 g/mol. The van der Waals surface area contributed by atoms with E-state index in [1.807, 2.05) is 0 Å². The molecular formula is C3H8N2O2. The van der Waals surface area contributed by atoms with Crippen molar-refractivity contribution in [2.24, 2.45) is 11.5 Å². The molecule has 0 bridgehead atoms. The van der Waals surface area contributed by atoms with E-state index < -0.39 is 6.03 Å². The molecule has 4 heteroatoms. The first-order valence-corrected chi connectivity index (χ1v) is 1.45. The highest BCUT2D eigenvalue weighted by molar-refractivity contribution is 5.69. The minimum atomic E-state index is -0.833. The molecule has 0 heterocycles. The maximum atomic E-state index is 9.00. The first kappa shape index (κ1) is 9.26. The largest absolute Gasteiger partial charge is 0.516 e. The van der Waals surface area contributed by atoms with Crippen LogP contribution in [0.15, 0.2) is 12.8 Å². The van der Waals surface area contributed by atoms with Gasteiger partial charge in [0.1, 0.15) is 0 Å². The van der Waals surface area contributed by atoms with Crippen molar-refractivity contribution >= 4 is 6.03 Å². The molecule has 0 rings (SSSR count). The van der Waals surface area contributed by atoms with Gasteiger partial charge < -0.3 is 16.6 Å². The number of aliphatic hydroxyl groups is 1. The molecule has 0 saturated carbocycles. The molecule has 0 aromatic rings. The number of rotatable bonds is 0. The molecule has 0 aliphatic rings. The Balaban J connectivity index is 0. The van der Waals surface area contributed by atoms with Gasteiger partial charge in [-0.2, -0.15) is 0 Å². The average Bonchev–Trinajstić information content (AvgIpc) is 1.33. The van der Waals surface area contributed by atoms with Crippen LogP contribution in [-0.2, 0) is 0 Å². The Hall–Kier alpha value is -1.19. The fraction of sp³-hybridized carbons (Fsp3) is 0. The third-order valence-electron chi connectivity index (χ3n) is 0. The molecule has 0 saturated heterocycles. The van der Waals surface area contributed by atoms with Gasteiger partial charge in [0.25, 0.3) is 0 Å². The fourth-order valence-corrected chi connectivity index (χ4v) is 0. The lowest BCUT2D eigenvalue weighted by atomic mass is 11.2. The van der Waals surface area contributed by atoms with Gasteiger partial charge in [0, 0.05) is 0 Å². The zero-order valence-corrected chi connectivity index (χ0v) is 3.79. The van der Waals surface area contributed by atoms with E-state index in [2.05, 4.69) is 18.0 Å². The summed E-state index contributed by atoms with van der Waals surface area (Å²) in [6.45, 7) is 2.92. The van der Waals surface area contributed by atoms with E-state index in [-0.39, 0.29) is 0 Å². The van der Waals surface area contributed by atoms with Crippen molar-refractivity contribution < 1.29 is 9.90 Å². The average molecular weight is 104 g/mol. The van der Waals surface area contributed by atoms with E-state index in [4.69, 9.17) is 9.90 Å². The Bertz CT molecular complexity index is 58.0. The van der Waals surface area contributed by atoms with Crippen LogP contribution in [0, 0.1) is 0 Å². The van der Waals surface area contributed by atoms with Gasteiger partial charge in [-0.25, -0.2) is 4.79 Å². The van der Waals surface area contributed by atoms with E-state index in [9.17, 15) is 0 Å². The van der Waals surface area contributed by atoms with Crippen molar-refractivity contribution in [3.05, 3.63) is 12.8 Å². The highest BCUT2D eigenvalue weighted by atomic mass is 16.2. The third kappa shape index (κ3) is 26.8. The molecule has 0 aromatic carbocycles. The number of primary amides is 2. The van der Waals surface area contributed by atoms with Crippen LogP contribution in [-0.4, -0.2) is 11.1 Å². The molecule has 42 valence electrons. The van der Waals surface area contributed by atoms with Gasteiger partial charge in [-0.15, -0.1) is 0 Å². The molecule has 2 amide bonds. The van der Waals surface area contributed by atoms with Crippen LogP contribution in [0.2, 0.25) is 0 Å². The summed E-state index contributed by atoms with van der Waals surface area (Å²) < 4.78 is 0. The number of nitrogens with two attached hydrogens (primary N) is 2. The third-order valence-corrected chi connectivity index (χ3v) is 0. The van der Waals surface area contributed by atoms with Gasteiger partial charge in [-0.1, -0.05) is 6.58 Å². The normalized spacial score (nSPS) is 5.14. The van der Waals surface area contributed by atoms with Crippen molar-refractivity contribution in [2.45, 2.75) is 0 Å². The predicted octanol–water partition coefficient (Wildman–Crippen LogP) is -0.288. The smallest absolute Gasteiger partial charge is 0.309 e. The quantitative estimate of drug-likeness (QED) is 0.369. The van der Waals surface area contributed by atoms with Crippen LogP contribution >= 0.6 is 0 Å². The molecule has 0 fully saturated rings. The zero-order valence-electron chi connectivity index (χ0n) is 3.79. The number of urea groups is 1. The number of carbonyl (C=O) groups excluding carboxylic acids is 1. The summed E-state index contributed by atoms with van der Waals surface area (Å²) in [5.41, 5.74) is 8.50. The molecule has 0 spiro atoms. The van der Waals surface area contributed by atoms with E-state index in [0.29, 0.717) is 0 Å². The van der Waals surface area contributed by atoms with Gasteiger partial charge in [0.15, 0.2) is 0 Å². The molecule has 0 aliphatic carbocycles. The fourth-order valence-electron chi connectivity index (χ4n) is 0. The molecule has 5 N–H and O–H groups in total. The van der Waals surface area contributed by atoms with E-state index in [1.54, 1.807) is 0 Å². The molecule has 0 aliphatic heterocycles. The second-order valence-electron chi connectivity index (χ2n) is 0.585. The Morgan fingerprint density at radius 3 is 1.71 bits per heavy atom. The molecule has 0 atom stereocenters. The summed E-state index contributed by atoms with van der Waals surface area (Å²) in [4.78, 5) is 9.00. The second-order valence-corrected chi connectivity index (χ2v) is 0.585. The Morgan fingerprint density at radius 1 is 1.71 bits per heavy atom. The van der Waals surface area contributed by atoms with Crippen molar-refractivity contribution in [3.63, 3.8) is 0 Å². The molecule has 0 unspecified atom stereocenters.